The molecule has 1 atom stereocenters. The fraction of sp³-hybridized carbons (Fsp3) is 0.300. The number of carbonyl (C=O) groups is 1. The molecule has 0 aromatic heterocycles. The van der Waals surface area contributed by atoms with E-state index < -0.39 is 28.7 Å². The first kappa shape index (κ1) is 13.8. The quantitative estimate of drug-likeness (QED) is 0.881. The fourth-order valence-corrected chi connectivity index (χ4v) is 1.55. The Bertz CT molecular complexity index is 434. The van der Waals surface area contributed by atoms with Gasteiger partial charge in [0.2, 0.25) is 5.91 Å². The van der Waals surface area contributed by atoms with Crippen molar-refractivity contribution in [3.63, 3.8) is 0 Å². The van der Waals surface area contributed by atoms with Crippen LogP contribution in [0.15, 0.2) is 18.2 Å². The predicted molar refractivity (Wildman–Crippen MR) is 57.2 cm³/mol. The van der Waals surface area contributed by atoms with Gasteiger partial charge in [-0.05, 0) is 17.7 Å². The van der Waals surface area contributed by atoms with Gasteiger partial charge >= 0.3 is 6.18 Å². The van der Waals surface area contributed by atoms with E-state index in [1.165, 1.54) is 6.07 Å². The van der Waals surface area contributed by atoms with Crippen molar-refractivity contribution in [1.29, 1.82) is 0 Å². The molecule has 94 valence electrons. The molecule has 0 aliphatic heterocycles. The molecule has 1 aromatic rings. The maximum Gasteiger partial charge on any atom is 0.417 e. The minimum atomic E-state index is -4.56. The van der Waals surface area contributed by atoms with Crippen LogP contribution in [0.4, 0.5) is 13.2 Å². The van der Waals surface area contributed by atoms with Gasteiger partial charge in [-0.15, -0.1) is 0 Å². The van der Waals surface area contributed by atoms with Crippen LogP contribution in [0.5, 0.6) is 0 Å². The summed E-state index contributed by atoms with van der Waals surface area (Å²) in [5.41, 5.74) is 9.66. The van der Waals surface area contributed by atoms with Crippen molar-refractivity contribution in [2.75, 3.05) is 0 Å². The summed E-state index contributed by atoms with van der Waals surface area (Å²) in [4.78, 5) is 10.6. The fourth-order valence-electron chi connectivity index (χ4n) is 1.33. The van der Waals surface area contributed by atoms with E-state index in [1.807, 2.05) is 0 Å². The van der Waals surface area contributed by atoms with Crippen molar-refractivity contribution in [1.82, 2.24) is 0 Å². The Morgan fingerprint density at radius 3 is 2.47 bits per heavy atom. The average molecular weight is 267 g/mol. The van der Waals surface area contributed by atoms with Crippen LogP contribution in [0.25, 0.3) is 0 Å². The molecule has 4 N–H and O–H groups in total. The summed E-state index contributed by atoms with van der Waals surface area (Å²) < 4.78 is 37.6. The molecule has 0 fully saturated rings. The molecule has 1 unspecified atom stereocenters. The highest BCUT2D eigenvalue weighted by atomic mass is 35.5. The summed E-state index contributed by atoms with van der Waals surface area (Å²) in [6.45, 7) is 0. The zero-order valence-corrected chi connectivity index (χ0v) is 9.35. The van der Waals surface area contributed by atoms with Crippen LogP contribution < -0.4 is 11.5 Å². The third-order valence-electron chi connectivity index (χ3n) is 2.15. The van der Waals surface area contributed by atoms with Crippen molar-refractivity contribution < 1.29 is 18.0 Å². The first-order chi connectivity index (χ1) is 7.71. The topological polar surface area (TPSA) is 69.1 Å². The van der Waals surface area contributed by atoms with Crippen molar-refractivity contribution in [2.24, 2.45) is 11.5 Å². The lowest BCUT2D eigenvalue weighted by Crippen LogP contribution is -2.21. The minimum Gasteiger partial charge on any atom is -0.370 e. The molecule has 0 spiro atoms. The van der Waals surface area contributed by atoms with E-state index >= 15 is 0 Å². The number of carbonyl (C=O) groups excluding carboxylic acids is 1. The molecule has 1 amide bonds. The second-order valence-electron chi connectivity index (χ2n) is 3.51. The molecule has 7 heteroatoms. The third-order valence-corrected chi connectivity index (χ3v) is 2.47. The standard InChI is InChI=1S/C10H10ClF3N2O/c11-7-2-1-5(8(15)4-9(16)17)3-6(7)10(12,13)14/h1-3,8H,4,15H2,(H2,16,17). The zero-order chi connectivity index (χ0) is 13.2. The lowest BCUT2D eigenvalue weighted by atomic mass is 10.0. The largest absolute Gasteiger partial charge is 0.417 e. The van der Waals surface area contributed by atoms with Crippen LogP contribution in [-0.2, 0) is 11.0 Å². The van der Waals surface area contributed by atoms with E-state index in [0.29, 0.717) is 0 Å². The molecule has 0 saturated carbocycles. The second kappa shape index (κ2) is 4.93. The van der Waals surface area contributed by atoms with Crippen LogP contribution in [0.1, 0.15) is 23.6 Å². The molecular weight excluding hydrogens is 257 g/mol. The van der Waals surface area contributed by atoms with E-state index in [0.717, 1.165) is 12.1 Å². The number of hydrogen-bond acceptors (Lipinski definition) is 2. The molecule has 1 aromatic carbocycles. The SMILES string of the molecule is NC(=O)CC(N)c1ccc(Cl)c(C(F)(F)F)c1. The van der Waals surface area contributed by atoms with Crippen LogP contribution >= 0.6 is 11.6 Å². The highest BCUT2D eigenvalue weighted by Crippen LogP contribution is 2.36. The highest BCUT2D eigenvalue weighted by Gasteiger charge is 2.33. The van der Waals surface area contributed by atoms with Crippen LogP contribution in [0.3, 0.4) is 0 Å². The van der Waals surface area contributed by atoms with Gasteiger partial charge in [0.15, 0.2) is 0 Å². The van der Waals surface area contributed by atoms with Crippen molar-refractivity contribution >= 4 is 17.5 Å². The van der Waals surface area contributed by atoms with Gasteiger partial charge in [0, 0.05) is 12.5 Å². The second-order valence-corrected chi connectivity index (χ2v) is 3.92. The first-order valence-electron chi connectivity index (χ1n) is 4.62. The highest BCUT2D eigenvalue weighted by molar-refractivity contribution is 6.31. The van der Waals surface area contributed by atoms with Gasteiger partial charge in [0.05, 0.1) is 10.6 Å². The Labute approximate surface area is 101 Å². The normalized spacial score (nSPS) is 13.5. The summed E-state index contributed by atoms with van der Waals surface area (Å²) in [5, 5.41) is -0.410. The van der Waals surface area contributed by atoms with Gasteiger partial charge in [0.25, 0.3) is 0 Å². The molecule has 0 radical (unpaired) electrons. The van der Waals surface area contributed by atoms with E-state index in [1.54, 1.807) is 0 Å². The minimum absolute atomic E-state index is 0.167. The van der Waals surface area contributed by atoms with Gasteiger partial charge in [-0.2, -0.15) is 13.2 Å². The molecule has 1 rings (SSSR count). The Morgan fingerprint density at radius 2 is 2.00 bits per heavy atom. The lowest BCUT2D eigenvalue weighted by Gasteiger charge is -2.14. The number of hydrogen-bond donors (Lipinski definition) is 2. The maximum absolute atomic E-state index is 12.5. The van der Waals surface area contributed by atoms with Gasteiger partial charge in [-0.3, -0.25) is 4.79 Å². The van der Waals surface area contributed by atoms with E-state index in [9.17, 15) is 18.0 Å². The Morgan fingerprint density at radius 1 is 1.41 bits per heavy atom. The maximum atomic E-state index is 12.5. The molecule has 0 bridgehead atoms. The summed E-state index contributed by atoms with van der Waals surface area (Å²) in [5.74, 6) is -0.680. The van der Waals surface area contributed by atoms with Crippen molar-refractivity contribution in [3.8, 4) is 0 Å². The van der Waals surface area contributed by atoms with Gasteiger partial charge < -0.3 is 11.5 Å². The van der Waals surface area contributed by atoms with Crippen LogP contribution in [-0.4, -0.2) is 5.91 Å². The van der Waals surface area contributed by atoms with Crippen LogP contribution in [0, 0.1) is 0 Å². The summed E-state index contributed by atoms with van der Waals surface area (Å²) in [6, 6.07) is 2.40. The average Bonchev–Trinajstić information content (AvgIpc) is 2.15. The molecule has 0 saturated heterocycles. The van der Waals surface area contributed by atoms with Gasteiger partial charge in [0.1, 0.15) is 0 Å². The first-order valence-corrected chi connectivity index (χ1v) is 5.00. The van der Waals surface area contributed by atoms with Crippen molar-refractivity contribution in [2.45, 2.75) is 18.6 Å². The molecule has 0 heterocycles. The number of halogens is 4. The number of alkyl halides is 3. The summed E-state index contributed by atoms with van der Waals surface area (Å²) in [7, 11) is 0. The van der Waals surface area contributed by atoms with Gasteiger partial charge in [-0.1, -0.05) is 17.7 Å². The Hall–Kier alpha value is -1.27. The lowest BCUT2D eigenvalue weighted by molar-refractivity contribution is -0.137. The van der Waals surface area contributed by atoms with Crippen molar-refractivity contribution in [3.05, 3.63) is 34.3 Å². The van der Waals surface area contributed by atoms with E-state index in [-0.39, 0.29) is 12.0 Å². The monoisotopic (exact) mass is 266 g/mol. The summed E-state index contributed by atoms with van der Waals surface area (Å²) in [6.07, 6.45) is -4.78. The van der Waals surface area contributed by atoms with Gasteiger partial charge in [-0.25, -0.2) is 0 Å². The molecule has 3 nitrogen and oxygen atoms in total. The smallest absolute Gasteiger partial charge is 0.370 e. The number of amides is 1. The van der Waals surface area contributed by atoms with E-state index in [2.05, 4.69) is 0 Å². The molecule has 17 heavy (non-hydrogen) atoms. The zero-order valence-electron chi connectivity index (χ0n) is 8.59. The third kappa shape index (κ3) is 3.61. The number of nitrogens with two attached hydrogens (primary N) is 2. The predicted octanol–water partition coefficient (Wildman–Crippen LogP) is 2.23. The number of benzene rings is 1. The molecule has 0 aliphatic carbocycles. The Kier molecular flexibility index (Phi) is 4.00. The number of rotatable bonds is 3. The van der Waals surface area contributed by atoms with Crippen LogP contribution in [0.2, 0.25) is 5.02 Å². The number of primary amides is 1. The Balaban J connectivity index is 3.08. The van der Waals surface area contributed by atoms with E-state index in [4.69, 9.17) is 23.1 Å². The molecular formula is C10H10ClF3N2O. The summed E-state index contributed by atoms with van der Waals surface area (Å²) >= 11 is 5.44. The molecule has 0 aliphatic rings.